The van der Waals surface area contributed by atoms with Crippen LogP contribution < -0.4 is 5.32 Å². The highest BCUT2D eigenvalue weighted by Gasteiger charge is 2.24. The fraction of sp³-hybridized carbons (Fsp3) is 0.364. The molecule has 0 saturated carbocycles. The number of aromatic nitrogens is 5. The number of pyridine rings is 1. The highest BCUT2D eigenvalue weighted by atomic mass is 16.2. The normalized spacial score (nSPS) is 14.4. The lowest BCUT2D eigenvalue weighted by atomic mass is 10.0. The molecule has 9 nitrogen and oxygen atoms in total. The molecular weight excluding hydrogens is 394 g/mol. The predicted molar refractivity (Wildman–Crippen MR) is 114 cm³/mol. The van der Waals surface area contributed by atoms with Gasteiger partial charge in [-0.3, -0.25) is 14.6 Å². The van der Waals surface area contributed by atoms with Crippen molar-refractivity contribution in [1.29, 1.82) is 0 Å². The second kappa shape index (κ2) is 9.92. The molecule has 0 aliphatic carbocycles. The van der Waals surface area contributed by atoms with Gasteiger partial charge in [0, 0.05) is 43.5 Å². The number of hydrogen-bond acceptors (Lipinski definition) is 6. The Balaban J connectivity index is 1.18. The Labute approximate surface area is 180 Å². The molecule has 2 aromatic heterocycles. The van der Waals surface area contributed by atoms with Gasteiger partial charge in [0.1, 0.15) is 0 Å². The minimum absolute atomic E-state index is 0.0764. The van der Waals surface area contributed by atoms with Gasteiger partial charge in [-0.1, -0.05) is 30.3 Å². The number of tetrazole rings is 1. The number of nitrogens with zero attached hydrogens (tertiary/aromatic N) is 6. The Bertz CT molecular complexity index is 999. The standard InChI is InChI=1S/C22H25N7O2/c30-20(9-5-13-29-26-21(25-27-29)17-6-2-1-3-7-17)28-14-10-19(11-15-28)24-22(31)18-8-4-12-23-16-18/h1-4,6-8,12,16,19H,5,9-11,13-15H2,(H,24,31). The minimum Gasteiger partial charge on any atom is -0.349 e. The molecule has 1 N–H and O–H groups in total. The molecule has 31 heavy (non-hydrogen) atoms. The highest BCUT2D eigenvalue weighted by molar-refractivity contribution is 5.94. The Hall–Kier alpha value is -3.62. The number of piperidine rings is 1. The number of nitrogens with one attached hydrogen (secondary N) is 1. The number of carbonyl (C=O) groups excluding carboxylic acids is 2. The summed E-state index contributed by atoms with van der Waals surface area (Å²) in [5, 5.41) is 15.6. The molecule has 4 rings (SSSR count). The molecule has 9 heteroatoms. The topological polar surface area (TPSA) is 106 Å². The van der Waals surface area contributed by atoms with E-state index in [2.05, 4.69) is 25.7 Å². The number of amides is 2. The van der Waals surface area contributed by atoms with E-state index in [-0.39, 0.29) is 17.9 Å². The molecule has 3 aromatic rings. The van der Waals surface area contributed by atoms with Crippen molar-refractivity contribution in [2.45, 2.75) is 38.3 Å². The molecule has 0 spiro atoms. The maximum Gasteiger partial charge on any atom is 0.253 e. The average Bonchev–Trinajstić information content (AvgIpc) is 3.29. The third-order valence-electron chi connectivity index (χ3n) is 5.34. The SMILES string of the molecule is O=C(NC1CCN(C(=O)CCCn2nnc(-c3ccccc3)n2)CC1)c1cccnc1. The Morgan fingerprint density at radius 3 is 2.61 bits per heavy atom. The minimum atomic E-state index is -0.118. The molecule has 1 fully saturated rings. The lowest BCUT2D eigenvalue weighted by Crippen LogP contribution is -2.46. The molecule has 3 heterocycles. The zero-order valence-corrected chi connectivity index (χ0v) is 17.2. The van der Waals surface area contributed by atoms with Crippen molar-refractivity contribution < 1.29 is 9.59 Å². The molecule has 0 atom stereocenters. The quantitative estimate of drug-likeness (QED) is 0.627. The van der Waals surface area contributed by atoms with Crippen LogP contribution in [0.3, 0.4) is 0 Å². The maximum atomic E-state index is 12.5. The van der Waals surface area contributed by atoms with E-state index in [0.29, 0.717) is 43.9 Å². The molecule has 1 aromatic carbocycles. The van der Waals surface area contributed by atoms with Gasteiger partial charge >= 0.3 is 0 Å². The second-order valence-electron chi connectivity index (χ2n) is 7.55. The molecule has 1 saturated heterocycles. The number of rotatable bonds is 7. The summed E-state index contributed by atoms with van der Waals surface area (Å²) < 4.78 is 0. The van der Waals surface area contributed by atoms with E-state index in [1.165, 1.54) is 4.80 Å². The van der Waals surface area contributed by atoms with Crippen molar-refractivity contribution in [2.24, 2.45) is 0 Å². The largest absolute Gasteiger partial charge is 0.349 e. The van der Waals surface area contributed by atoms with E-state index >= 15 is 0 Å². The summed E-state index contributed by atoms with van der Waals surface area (Å²) in [6.45, 7) is 1.84. The Morgan fingerprint density at radius 2 is 1.87 bits per heavy atom. The Morgan fingerprint density at radius 1 is 1.06 bits per heavy atom. The second-order valence-corrected chi connectivity index (χ2v) is 7.55. The van der Waals surface area contributed by atoms with Gasteiger partial charge in [-0.25, -0.2) is 0 Å². The van der Waals surface area contributed by atoms with Gasteiger partial charge in [-0.2, -0.15) is 4.80 Å². The molecule has 0 bridgehead atoms. The van der Waals surface area contributed by atoms with Crippen molar-refractivity contribution >= 4 is 11.8 Å². The first-order valence-corrected chi connectivity index (χ1v) is 10.5. The summed E-state index contributed by atoms with van der Waals surface area (Å²) in [6.07, 6.45) is 5.80. The van der Waals surface area contributed by atoms with E-state index in [4.69, 9.17) is 0 Å². The lowest BCUT2D eigenvalue weighted by molar-refractivity contribution is -0.132. The first-order valence-electron chi connectivity index (χ1n) is 10.5. The number of benzene rings is 1. The van der Waals surface area contributed by atoms with Crippen LogP contribution in [-0.2, 0) is 11.3 Å². The van der Waals surface area contributed by atoms with E-state index < -0.39 is 0 Å². The van der Waals surface area contributed by atoms with Crippen LogP contribution in [0.25, 0.3) is 11.4 Å². The van der Waals surface area contributed by atoms with E-state index in [1.54, 1.807) is 24.5 Å². The van der Waals surface area contributed by atoms with Gasteiger partial charge in [0.25, 0.3) is 5.91 Å². The summed E-state index contributed by atoms with van der Waals surface area (Å²) in [7, 11) is 0. The molecule has 1 aliphatic heterocycles. The first kappa shape index (κ1) is 20.6. The van der Waals surface area contributed by atoms with Crippen LogP contribution in [0.4, 0.5) is 0 Å². The molecular formula is C22H25N7O2. The summed E-state index contributed by atoms with van der Waals surface area (Å²) in [5.41, 5.74) is 1.47. The van der Waals surface area contributed by atoms with Crippen LogP contribution >= 0.6 is 0 Å². The van der Waals surface area contributed by atoms with Gasteiger partial charge in [0.2, 0.25) is 11.7 Å². The third kappa shape index (κ3) is 5.50. The molecule has 1 aliphatic rings. The average molecular weight is 419 g/mol. The fourth-order valence-electron chi connectivity index (χ4n) is 3.61. The van der Waals surface area contributed by atoms with Crippen molar-refractivity contribution in [3.63, 3.8) is 0 Å². The fourth-order valence-corrected chi connectivity index (χ4v) is 3.61. The number of likely N-dealkylation sites (tertiary alicyclic amines) is 1. The van der Waals surface area contributed by atoms with Crippen molar-refractivity contribution in [3.05, 3.63) is 60.4 Å². The summed E-state index contributed by atoms with van der Waals surface area (Å²) in [5.74, 6) is 0.593. The van der Waals surface area contributed by atoms with E-state index in [0.717, 1.165) is 18.4 Å². The predicted octanol–water partition coefficient (Wildman–Crippen LogP) is 1.94. The number of carbonyl (C=O) groups is 2. The third-order valence-corrected chi connectivity index (χ3v) is 5.34. The van der Waals surface area contributed by atoms with Crippen LogP contribution in [0.15, 0.2) is 54.9 Å². The summed E-state index contributed by atoms with van der Waals surface area (Å²) in [6, 6.07) is 13.2. The van der Waals surface area contributed by atoms with Crippen molar-refractivity contribution in [2.75, 3.05) is 13.1 Å². The smallest absolute Gasteiger partial charge is 0.253 e. The van der Waals surface area contributed by atoms with Crippen LogP contribution in [-0.4, -0.2) is 61.0 Å². The molecule has 0 radical (unpaired) electrons. The number of hydrogen-bond donors (Lipinski definition) is 1. The highest BCUT2D eigenvalue weighted by Crippen LogP contribution is 2.14. The van der Waals surface area contributed by atoms with Gasteiger partial charge in [0.05, 0.1) is 12.1 Å². The summed E-state index contributed by atoms with van der Waals surface area (Å²) >= 11 is 0. The first-order chi connectivity index (χ1) is 15.2. The zero-order valence-electron chi connectivity index (χ0n) is 17.2. The maximum absolute atomic E-state index is 12.5. The van der Waals surface area contributed by atoms with Crippen LogP contribution in [0, 0.1) is 0 Å². The number of aryl methyl sites for hydroxylation is 1. The van der Waals surface area contributed by atoms with E-state index in [9.17, 15) is 9.59 Å². The van der Waals surface area contributed by atoms with Crippen molar-refractivity contribution in [1.82, 2.24) is 35.4 Å². The van der Waals surface area contributed by atoms with E-state index in [1.807, 2.05) is 35.2 Å². The van der Waals surface area contributed by atoms with Crippen LogP contribution in [0.2, 0.25) is 0 Å². The molecule has 0 unspecified atom stereocenters. The van der Waals surface area contributed by atoms with Crippen LogP contribution in [0.1, 0.15) is 36.0 Å². The van der Waals surface area contributed by atoms with Gasteiger partial charge in [0.15, 0.2) is 0 Å². The zero-order chi connectivity index (χ0) is 21.5. The van der Waals surface area contributed by atoms with Crippen LogP contribution in [0.5, 0.6) is 0 Å². The van der Waals surface area contributed by atoms with Gasteiger partial charge in [-0.15, -0.1) is 10.2 Å². The molecule has 160 valence electrons. The van der Waals surface area contributed by atoms with Gasteiger partial charge in [-0.05, 0) is 36.6 Å². The Kier molecular flexibility index (Phi) is 6.61. The monoisotopic (exact) mass is 419 g/mol. The lowest BCUT2D eigenvalue weighted by Gasteiger charge is -2.32. The molecule has 2 amide bonds. The van der Waals surface area contributed by atoms with Gasteiger partial charge < -0.3 is 10.2 Å². The summed E-state index contributed by atoms with van der Waals surface area (Å²) in [4.78, 5) is 32.2. The van der Waals surface area contributed by atoms with Crippen molar-refractivity contribution in [3.8, 4) is 11.4 Å².